The lowest BCUT2D eigenvalue weighted by atomic mass is 9.67. The van der Waals surface area contributed by atoms with E-state index >= 15 is 0 Å². The van der Waals surface area contributed by atoms with Crippen LogP contribution in [0, 0.1) is 22.0 Å². The van der Waals surface area contributed by atoms with Gasteiger partial charge in [0.2, 0.25) is 6.04 Å². The molecular weight excluding hydrogens is 342 g/mol. The lowest BCUT2D eigenvalue weighted by Gasteiger charge is -2.44. The number of fused-ring (bicyclic) bond motifs is 1. The Kier molecular flexibility index (Phi) is 4.52. The first kappa shape index (κ1) is 17.5. The van der Waals surface area contributed by atoms with Crippen LogP contribution < -0.4 is 0 Å². The maximum absolute atomic E-state index is 11.4. The van der Waals surface area contributed by atoms with Crippen molar-refractivity contribution in [3.8, 4) is 0 Å². The molecule has 0 aliphatic heterocycles. The highest BCUT2D eigenvalue weighted by Gasteiger charge is 2.57. The average molecular weight is 359 g/mol. The third kappa shape index (κ3) is 3.25. The van der Waals surface area contributed by atoms with Crippen LogP contribution >= 0.6 is 0 Å². The van der Waals surface area contributed by atoms with E-state index in [4.69, 9.17) is 4.55 Å². The second kappa shape index (κ2) is 5.67. The molecule has 2 fully saturated rings. The van der Waals surface area contributed by atoms with Crippen LogP contribution in [0.4, 0.5) is 0 Å². The van der Waals surface area contributed by atoms with E-state index in [1.165, 1.54) is 0 Å². The molecule has 2 aliphatic rings. The molecule has 2 aliphatic carbocycles. The van der Waals surface area contributed by atoms with Crippen molar-refractivity contribution in [1.82, 2.24) is 0 Å². The molecule has 6 atom stereocenters. The van der Waals surface area contributed by atoms with Crippen LogP contribution in [0.25, 0.3) is 0 Å². The zero-order valence-corrected chi connectivity index (χ0v) is 13.0. The Bertz CT molecular complexity index is 658. The molecule has 0 heterocycles. The number of aliphatic hydroxyl groups is 1. The summed E-state index contributed by atoms with van der Waals surface area (Å²) in [7, 11) is -9.18. The normalized spacial score (nSPS) is 40.0. The van der Waals surface area contributed by atoms with E-state index in [-0.39, 0.29) is 19.3 Å². The zero-order valence-electron chi connectivity index (χ0n) is 11.3. The fraction of sp³-hybridized carbons (Fsp3) is 1.00. The van der Waals surface area contributed by atoms with Crippen molar-refractivity contribution in [3.05, 3.63) is 10.1 Å². The fourth-order valence-electron chi connectivity index (χ4n) is 3.75. The van der Waals surface area contributed by atoms with E-state index in [0.29, 0.717) is 0 Å². The van der Waals surface area contributed by atoms with Gasteiger partial charge in [0.15, 0.2) is 5.25 Å². The van der Waals surface area contributed by atoms with Crippen molar-refractivity contribution in [3.63, 3.8) is 0 Å². The van der Waals surface area contributed by atoms with Gasteiger partial charge in [-0.2, -0.15) is 16.8 Å². The molecule has 0 amide bonds. The molecule has 0 spiro atoms. The summed E-state index contributed by atoms with van der Waals surface area (Å²) in [6.07, 6.45) is -1.81. The molecule has 6 unspecified atom stereocenters. The quantitative estimate of drug-likeness (QED) is 0.335. The highest BCUT2D eigenvalue weighted by Crippen LogP contribution is 2.45. The number of nitrogens with zero attached hydrogens (tertiary/aromatic N) is 1. The van der Waals surface area contributed by atoms with Gasteiger partial charge < -0.3 is 5.11 Å². The first-order valence-electron chi connectivity index (χ1n) is 6.67. The van der Waals surface area contributed by atoms with Crippen LogP contribution in [-0.2, 0) is 20.2 Å². The van der Waals surface area contributed by atoms with Gasteiger partial charge in [0, 0.05) is 10.8 Å². The first-order chi connectivity index (χ1) is 9.93. The molecule has 128 valence electrons. The van der Waals surface area contributed by atoms with Gasteiger partial charge in [-0.3, -0.25) is 19.2 Å². The largest absolute Gasteiger partial charge is 0.393 e. The highest BCUT2D eigenvalue weighted by molar-refractivity contribution is 7.86. The summed E-state index contributed by atoms with van der Waals surface area (Å²) in [5, 5.41) is 18.3. The van der Waals surface area contributed by atoms with Crippen LogP contribution in [-0.4, -0.2) is 58.6 Å². The van der Waals surface area contributed by atoms with E-state index < -0.39 is 66.1 Å². The fourth-order valence-corrected chi connectivity index (χ4v) is 5.74. The van der Waals surface area contributed by atoms with E-state index in [2.05, 4.69) is 0 Å². The molecule has 12 heteroatoms. The molecule has 22 heavy (non-hydrogen) atoms. The summed E-state index contributed by atoms with van der Waals surface area (Å²) in [5.74, 6) is -1.68. The Labute approximate surface area is 127 Å². The first-order valence-corrected chi connectivity index (χ1v) is 9.67. The van der Waals surface area contributed by atoms with Gasteiger partial charge in [-0.15, -0.1) is 0 Å². The molecule has 0 bridgehead atoms. The van der Waals surface area contributed by atoms with Gasteiger partial charge in [0.05, 0.1) is 11.4 Å². The van der Waals surface area contributed by atoms with Crippen LogP contribution in [0.15, 0.2) is 0 Å². The predicted molar refractivity (Wildman–Crippen MR) is 72.9 cm³/mol. The van der Waals surface area contributed by atoms with Crippen molar-refractivity contribution in [2.45, 2.75) is 48.3 Å². The molecule has 0 aromatic heterocycles. The molecule has 2 rings (SSSR count). The number of nitro groups is 1. The van der Waals surface area contributed by atoms with Crippen molar-refractivity contribution >= 4 is 20.2 Å². The second-order valence-corrected chi connectivity index (χ2v) is 9.24. The monoisotopic (exact) mass is 359 g/mol. The van der Waals surface area contributed by atoms with Crippen molar-refractivity contribution in [2.75, 3.05) is 0 Å². The standard InChI is InChI=1S/C10H17NO9S2/c12-8-4-9(22(18,19)20)10(11(13)14)7-3-5(21(15,16)17)1-2-6(7)8/h5-10,12H,1-4H2,(H,15,16,17)(H,18,19,20). The third-order valence-electron chi connectivity index (χ3n) is 4.74. The lowest BCUT2D eigenvalue weighted by molar-refractivity contribution is -0.539. The van der Waals surface area contributed by atoms with Crippen LogP contribution in [0.3, 0.4) is 0 Å². The van der Waals surface area contributed by atoms with Crippen LogP contribution in [0.2, 0.25) is 0 Å². The van der Waals surface area contributed by atoms with E-state index in [9.17, 15) is 36.6 Å². The lowest BCUT2D eigenvalue weighted by Crippen LogP contribution is -2.57. The molecule has 0 aromatic rings. The summed E-state index contributed by atoms with van der Waals surface area (Å²) in [5.41, 5.74) is 0. The minimum absolute atomic E-state index is 0.0397. The Morgan fingerprint density at radius 1 is 0.955 bits per heavy atom. The van der Waals surface area contributed by atoms with E-state index in [1.807, 2.05) is 0 Å². The Morgan fingerprint density at radius 3 is 2.00 bits per heavy atom. The van der Waals surface area contributed by atoms with E-state index in [1.54, 1.807) is 0 Å². The van der Waals surface area contributed by atoms with Crippen molar-refractivity contribution in [2.24, 2.45) is 11.8 Å². The van der Waals surface area contributed by atoms with Crippen LogP contribution in [0.1, 0.15) is 25.7 Å². The van der Waals surface area contributed by atoms with Crippen molar-refractivity contribution < 1.29 is 36.0 Å². The molecular formula is C10H17NO9S2. The number of hydrogen-bond donors (Lipinski definition) is 3. The molecule has 0 aromatic carbocycles. The molecule has 10 nitrogen and oxygen atoms in total. The molecule has 0 saturated heterocycles. The minimum atomic E-state index is -4.77. The minimum Gasteiger partial charge on any atom is -0.393 e. The number of rotatable bonds is 3. The second-order valence-electron chi connectivity index (χ2n) is 5.91. The van der Waals surface area contributed by atoms with Gasteiger partial charge in [-0.25, -0.2) is 0 Å². The average Bonchev–Trinajstić information content (AvgIpc) is 2.35. The summed E-state index contributed by atoms with van der Waals surface area (Å²) in [6.45, 7) is 0. The third-order valence-corrected chi connectivity index (χ3v) is 7.25. The summed E-state index contributed by atoms with van der Waals surface area (Å²) >= 11 is 0. The number of hydrogen-bond acceptors (Lipinski definition) is 7. The Balaban J connectivity index is 2.41. The smallest absolute Gasteiger partial charge is 0.274 e. The van der Waals surface area contributed by atoms with Gasteiger partial charge >= 0.3 is 0 Å². The van der Waals surface area contributed by atoms with E-state index in [0.717, 1.165) is 0 Å². The van der Waals surface area contributed by atoms with Crippen LogP contribution in [0.5, 0.6) is 0 Å². The zero-order chi connectivity index (χ0) is 16.9. The Hall–Kier alpha value is -0.820. The maximum atomic E-state index is 11.4. The topological polar surface area (TPSA) is 172 Å². The summed E-state index contributed by atoms with van der Waals surface area (Å²) < 4.78 is 63.6. The predicted octanol–water partition coefficient (Wildman–Crippen LogP) is -0.675. The molecule has 2 saturated carbocycles. The molecule has 3 N–H and O–H groups in total. The van der Waals surface area contributed by atoms with Crippen molar-refractivity contribution in [1.29, 1.82) is 0 Å². The van der Waals surface area contributed by atoms with Gasteiger partial charge in [0.25, 0.3) is 20.2 Å². The SMILES string of the molecule is O=[N+]([O-])C1C2CC(S(=O)(=O)O)CCC2C(O)CC1S(=O)(=O)O. The molecule has 0 radical (unpaired) electrons. The Morgan fingerprint density at radius 2 is 1.55 bits per heavy atom. The summed E-state index contributed by atoms with van der Waals surface area (Å²) in [6, 6.07) is -1.71. The van der Waals surface area contributed by atoms with Gasteiger partial charge in [-0.05, 0) is 31.6 Å². The summed E-state index contributed by atoms with van der Waals surface area (Å²) in [4.78, 5) is 10.4. The van der Waals surface area contributed by atoms with Gasteiger partial charge in [-0.1, -0.05) is 0 Å². The number of aliphatic hydroxyl groups excluding tert-OH is 1. The highest BCUT2D eigenvalue weighted by atomic mass is 32.2. The maximum Gasteiger partial charge on any atom is 0.274 e. The van der Waals surface area contributed by atoms with Gasteiger partial charge in [0.1, 0.15) is 0 Å².